The van der Waals surface area contributed by atoms with Gasteiger partial charge in [0.15, 0.2) is 17.2 Å². The molecule has 0 aromatic heterocycles. The van der Waals surface area contributed by atoms with E-state index in [2.05, 4.69) is 5.32 Å². The van der Waals surface area contributed by atoms with E-state index in [1.165, 1.54) is 39.0 Å². The second-order valence-corrected chi connectivity index (χ2v) is 9.09. The van der Waals surface area contributed by atoms with Crippen LogP contribution in [0, 0.1) is 12.7 Å². The van der Waals surface area contributed by atoms with Crippen LogP contribution in [0.1, 0.15) is 43.0 Å². The van der Waals surface area contributed by atoms with E-state index in [0.717, 1.165) is 0 Å². The Morgan fingerprint density at radius 2 is 1.75 bits per heavy atom. The Labute approximate surface area is 182 Å². The summed E-state index contributed by atoms with van der Waals surface area (Å²) < 4.78 is 57.4. The number of anilines is 1. The molecule has 3 aromatic carbocycles. The van der Waals surface area contributed by atoms with Gasteiger partial charge in [-0.05, 0) is 59.5 Å². The summed E-state index contributed by atoms with van der Waals surface area (Å²) in [6.07, 6.45) is -5.80. The Balaban J connectivity index is 1.98. The first-order valence-corrected chi connectivity index (χ1v) is 10.1. The zero-order chi connectivity index (χ0) is 23.6. The van der Waals surface area contributed by atoms with Gasteiger partial charge in [0.1, 0.15) is 5.75 Å². The van der Waals surface area contributed by atoms with Crippen LogP contribution in [0.25, 0.3) is 10.8 Å². The Morgan fingerprint density at radius 3 is 2.41 bits per heavy atom. The highest BCUT2D eigenvalue weighted by molar-refractivity contribution is 5.95. The van der Waals surface area contributed by atoms with Gasteiger partial charge in [0, 0.05) is 16.6 Å². The molecular weight excluding hydrogens is 426 g/mol. The molecule has 0 amide bonds. The molecular formula is C24H23F4NO3. The van der Waals surface area contributed by atoms with Crippen LogP contribution in [0.5, 0.6) is 11.5 Å². The van der Waals surface area contributed by atoms with Crippen LogP contribution in [-0.2, 0) is 5.41 Å². The molecule has 0 bridgehead atoms. The fourth-order valence-electron chi connectivity index (χ4n) is 4.88. The summed E-state index contributed by atoms with van der Waals surface area (Å²) in [6.45, 7) is 4.23. The summed E-state index contributed by atoms with van der Waals surface area (Å²) in [7, 11) is 0. The predicted octanol–water partition coefficient (Wildman–Crippen LogP) is 5.83. The van der Waals surface area contributed by atoms with E-state index in [4.69, 9.17) is 0 Å². The molecule has 8 heteroatoms. The second-order valence-electron chi connectivity index (χ2n) is 9.09. The van der Waals surface area contributed by atoms with Gasteiger partial charge in [0.25, 0.3) is 0 Å². The Hall–Kier alpha value is -3.00. The van der Waals surface area contributed by atoms with Crippen molar-refractivity contribution in [1.82, 2.24) is 0 Å². The van der Waals surface area contributed by atoms with Crippen molar-refractivity contribution in [3.8, 4) is 11.5 Å². The smallest absolute Gasteiger partial charge is 0.419 e. The predicted molar refractivity (Wildman–Crippen MR) is 113 cm³/mol. The Morgan fingerprint density at radius 1 is 1.06 bits per heavy atom. The first-order valence-electron chi connectivity index (χ1n) is 10.1. The van der Waals surface area contributed by atoms with Gasteiger partial charge < -0.3 is 20.6 Å². The lowest BCUT2D eigenvalue weighted by Gasteiger charge is -2.49. The number of hydrogen-bond acceptors (Lipinski definition) is 4. The molecule has 170 valence electrons. The molecule has 1 aliphatic rings. The lowest BCUT2D eigenvalue weighted by atomic mass is 9.63. The third-order valence-corrected chi connectivity index (χ3v) is 6.28. The first-order chi connectivity index (χ1) is 14.8. The fourth-order valence-corrected chi connectivity index (χ4v) is 4.88. The van der Waals surface area contributed by atoms with Crippen LogP contribution in [-0.4, -0.2) is 27.1 Å². The number of hydrogen-bond donors (Lipinski definition) is 4. The number of aliphatic hydroxyl groups is 1. The highest BCUT2D eigenvalue weighted by atomic mass is 19.4. The van der Waals surface area contributed by atoms with Crippen molar-refractivity contribution in [2.45, 2.75) is 50.4 Å². The van der Waals surface area contributed by atoms with Crippen LogP contribution in [0.15, 0.2) is 42.5 Å². The molecule has 0 fully saturated rings. The Kier molecular flexibility index (Phi) is 4.86. The van der Waals surface area contributed by atoms with Crippen LogP contribution in [0.3, 0.4) is 0 Å². The average Bonchev–Trinajstić information content (AvgIpc) is 2.67. The van der Waals surface area contributed by atoms with Crippen LogP contribution >= 0.6 is 0 Å². The van der Waals surface area contributed by atoms with E-state index in [1.807, 2.05) is 0 Å². The van der Waals surface area contributed by atoms with E-state index < -0.39 is 41.2 Å². The van der Waals surface area contributed by atoms with Crippen molar-refractivity contribution in [1.29, 1.82) is 0 Å². The first kappa shape index (κ1) is 22.2. The monoisotopic (exact) mass is 449 g/mol. The van der Waals surface area contributed by atoms with Crippen molar-refractivity contribution in [3.05, 3.63) is 65.0 Å². The zero-order valence-electron chi connectivity index (χ0n) is 17.7. The van der Waals surface area contributed by atoms with E-state index in [1.54, 1.807) is 24.3 Å². The number of aromatic hydroxyl groups is 2. The standard InChI is InChI=1S/C24H23F4NO3/c1-12-9-16-18(20(31)19(12)25)22(2,3)11-23(32,24(26,27)28)21(16)29-17-6-4-5-13-10-14(30)7-8-15(13)17/h4-10,21,29-32H,11H2,1-3H3. The van der Waals surface area contributed by atoms with Gasteiger partial charge in [-0.25, -0.2) is 4.39 Å². The molecule has 1 aliphatic carbocycles. The number of benzene rings is 3. The molecule has 3 aromatic rings. The number of phenolic OH excluding ortho intramolecular Hbond substituents is 2. The molecule has 0 saturated carbocycles. The highest BCUT2D eigenvalue weighted by Gasteiger charge is 2.64. The third-order valence-electron chi connectivity index (χ3n) is 6.28. The molecule has 0 saturated heterocycles. The zero-order valence-corrected chi connectivity index (χ0v) is 17.7. The quantitative estimate of drug-likeness (QED) is 0.372. The van der Waals surface area contributed by atoms with E-state index >= 15 is 0 Å². The topological polar surface area (TPSA) is 72.7 Å². The SMILES string of the molecule is Cc1cc2c(c(O)c1F)C(C)(C)CC(O)(C(F)(F)F)C2Nc1cccc2cc(O)ccc12. The van der Waals surface area contributed by atoms with Crippen molar-refractivity contribution in [3.63, 3.8) is 0 Å². The van der Waals surface area contributed by atoms with Gasteiger partial charge in [-0.2, -0.15) is 13.2 Å². The van der Waals surface area contributed by atoms with Gasteiger partial charge in [-0.3, -0.25) is 0 Å². The van der Waals surface area contributed by atoms with Crippen LogP contribution < -0.4 is 5.32 Å². The number of fused-ring (bicyclic) bond motifs is 2. The molecule has 32 heavy (non-hydrogen) atoms. The maximum Gasteiger partial charge on any atom is 0.419 e. The molecule has 2 atom stereocenters. The number of alkyl halides is 3. The van der Waals surface area contributed by atoms with Gasteiger partial charge in [-0.1, -0.05) is 32.0 Å². The summed E-state index contributed by atoms with van der Waals surface area (Å²) in [5.74, 6) is -1.60. The largest absolute Gasteiger partial charge is 0.508 e. The van der Waals surface area contributed by atoms with E-state index in [9.17, 15) is 32.9 Å². The maximum absolute atomic E-state index is 14.5. The van der Waals surface area contributed by atoms with Crippen molar-refractivity contribution in [2.24, 2.45) is 0 Å². The van der Waals surface area contributed by atoms with Crippen molar-refractivity contribution < 1.29 is 32.9 Å². The molecule has 2 unspecified atom stereocenters. The van der Waals surface area contributed by atoms with Gasteiger partial charge >= 0.3 is 6.18 Å². The van der Waals surface area contributed by atoms with E-state index in [-0.39, 0.29) is 22.4 Å². The number of nitrogens with one attached hydrogen (secondary N) is 1. The normalized spacial score (nSPS) is 22.6. The summed E-state index contributed by atoms with van der Waals surface area (Å²) in [5.41, 5.74) is -4.28. The third kappa shape index (κ3) is 3.24. The van der Waals surface area contributed by atoms with Crippen molar-refractivity contribution >= 4 is 16.5 Å². The average molecular weight is 449 g/mol. The van der Waals surface area contributed by atoms with Crippen molar-refractivity contribution in [2.75, 3.05) is 5.32 Å². The second kappa shape index (κ2) is 7.00. The maximum atomic E-state index is 14.5. The number of rotatable bonds is 2. The summed E-state index contributed by atoms with van der Waals surface area (Å²) in [4.78, 5) is 0. The molecule has 4 N–H and O–H groups in total. The van der Waals surface area contributed by atoms with E-state index in [0.29, 0.717) is 16.5 Å². The fraction of sp³-hybridized carbons (Fsp3) is 0.333. The molecule has 0 aliphatic heterocycles. The number of phenols is 2. The minimum atomic E-state index is -5.01. The highest BCUT2D eigenvalue weighted by Crippen LogP contribution is 2.57. The van der Waals surface area contributed by atoms with Gasteiger partial charge in [0.2, 0.25) is 0 Å². The molecule has 4 rings (SSSR count). The van der Waals surface area contributed by atoms with Crippen LogP contribution in [0.2, 0.25) is 0 Å². The molecule has 4 nitrogen and oxygen atoms in total. The minimum Gasteiger partial charge on any atom is -0.508 e. The summed E-state index contributed by atoms with van der Waals surface area (Å²) >= 11 is 0. The summed E-state index contributed by atoms with van der Waals surface area (Å²) in [5, 5.41) is 35.3. The molecule has 0 heterocycles. The minimum absolute atomic E-state index is 0.00207. The number of aryl methyl sites for hydroxylation is 1. The number of halogens is 4. The van der Waals surface area contributed by atoms with Crippen LogP contribution in [0.4, 0.5) is 23.2 Å². The Bertz CT molecular complexity index is 1220. The molecule has 0 spiro atoms. The summed E-state index contributed by atoms with van der Waals surface area (Å²) in [6, 6.07) is 8.84. The van der Waals surface area contributed by atoms with Gasteiger partial charge in [0.05, 0.1) is 6.04 Å². The molecule has 0 radical (unpaired) electrons. The lowest BCUT2D eigenvalue weighted by molar-refractivity contribution is -0.276. The lowest BCUT2D eigenvalue weighted by Crippen LogP contribution is -2.58. The van der Waals surface area contributed by atoms with Gasteiger partial charge in [-0.15, -0.1) is 0 Å².